The first-order chi connectivity index (χ1) is 14.7. The summed E-state index contributed by atoms with van der Waals surface area (Å²) in [6.07, 6.45) is 2.06. The minimum absolute atomic E-state index is 0.00519. The summed E-state index contributed by atoms with van der Waals surface area (Å²) in [4.78, 5) is 30.2. The molecule has 3 aromatic rings. The highest BCUT2D eigenvalue weighted by molar-refractivity contribution is 7.13. The summed E-state index contributed by atoms with van der Waals surface area (Å²) in [7, 11) is 0. The highest BCUT2D eigenvalue weighted by Crippen LogP contribution is 2.32. The predicted octanol–water partition coefficient (Wildman–Crippen LogP) is 3.56. The van der Waals surface area contributed by atoms with Crippen molar-refractivity contribution >= 4 is 28.8 Å². The van der Waals surface area contributed by atoms with Crippen molar-refractivity contribution in [3.05, 3.63) is 53.7 Å². The number of aromatic nitrogens is 2. The lowest BCUT2D eigenvalue weighted by molar-refractivity contribution is -0.137. The second kappa shape index (κ2) is 8.02. The van der Waals surface area contributed by atoms with Crippen molar-refractivity contribution in [2.75, 3.05) is 24.5 Å². The Morgan fingerprint density at radius 1 is 1.10 bits per heavy atom. The number of benzene rings is 1. The number of carbonyl (C=O) groups excluding carboxylic acids is 2. The summed E-state index contributed by atoms with van der Waals surface area (Å²) in [5.74, 6) is 0.898. The van der Waals surface area contributed by atoms with Gasteiger partial charge in [-0.25, -0.2) is 0 Å². The average molecular weight is 423 g/mol. The van der Waals surface area contributed by atoms with Crippen molar-refractivity contribution in [3.8, 4) is 10.8 Å². The van der Waals surface area contributed by atoms with Gasteiger partial charge >= 0.3 is 0 Å². The quantitative estimate of drug-likeness (QED) is 0.642. The van der Waals surface area contributed by atoms with Crippen molar-refractivity contribution in [3.63, 3.8) is 0 Å². The first-order valence-electron chi connectivity index (χ1n) is 10.2. The van der Waals surface area contributed by atoms with Gasteiger partial charge in [-0.05, 0) is 36.4 Å². The van der Waals surface area contributed by atoms with Gasteiger partial charge in [0.1, 0.15) is 0 Å². The van der Waals surface area contributed by atoms with Crippen LogP contribution in [-0.2, 0) is 9.59 Å². The van der Waals surface area contributed by atoms with Crippen LogP contribution in [0, 0.1) is 5.92 Å². The molecule has 8 heteroatoms. The van der Waals surface area contributed by atoms with Crippen LogP contribution in [0.15, 0.2) is 52.3 Å². The second-order valence-electron chi connectivity index (χ2n) is 7.79. The van der Waals surface area contributed by atoms with Gasteiger partial charge in [-0.15, -0.1) is 21.5 Å². The third-order valence-corrected chi connectivity index (χ3v) is 6.65. The van der Waals surface area contributed by atoms with E-state index in [4.69, 9.17) is 4.42 Å². The molecule has 7 nitrogen and oxygen atoms in total. The van der Waals surface area contributed by atoms with Crippen molar-refractivity contribution in [1.29, 1.82) is 0 Å². The molecule has 2 fully saturated rings. The van der Waals surface area contributed by atoms with Crippen LogP contribution in [0.4, 0.5) is 5.69 Å². The second-order valence-corrected chi connectivity index (χ2v) is 8.73. The normalized spacial score (nSPS) is 21.9. The highest BCUT2D eigenvalue weighted by Gasteiger charge is 2.39. The minimum atomic E-state index is -0.305. The number of hydrogen-bond donors (Lipinski definition) is 0. The lowest BCUT2D eigenvalue weighted by Gasteiger charge is -2.32. The van der Waals surface area contributed by atoms with Crippen molar-refractivity contribution in [1.82, 2.24) is 15.1 Å². The van der Waals surface area contributed by atoms with Gasteiger partial charge in [0.25, 0.3) is 5.89 Å². The Morgan fingerprint density at radius 2 is 1.97 bits per heavy atom. The molecule has 0 radical (unpaired) electrons. The molecule has 2 unspecified atom stereocenters. The van der Waals surface area contributed by atoms with Gasteiger partial charge < -0.3 is 14.2 Å². The number of piperidine rings is 1. The van der Waals surface area contributed by atoms with Gasteiger partial charge in [-0.2, -0.15) is 0 Å². The largest absolute Gasteiger partial charge is 0.420 e. The third-order valence-electron chi connectivity index (χ3n) is 5.80. The fourth-order valence-electron chi connectivity index (χ4n) is 4.27. The van der Waals surface area contributed by atoms with Crippen LogP contribution in [0.1, 0.15) is 31.1 Å². The molecule has 2 aromatic heterocycles. The van der Waals surface area contributed by atoms with Crippen LogP contribution in [0.2, 0.25) is 0 Å². The molecule has 2 atom stereocenters. The molecule has 0 N–H and O–H groups in total. The molecule has 2 saturated heterocycles. The summed E-state index contributed by atoms with van der Waals surface area (Å²) in [6.45, 7) is 1.70. The van der Waals surface area contributed by atoms with Crippen LogP contribution < -0.4 is 4.90 Å². The highest BCUT2D eigenvalue weighted by atomic mass is 32.1. The summed E-state index contributed by atoms with van der Waals surface area (Å²) >= 11 is 1.56. The molecule has 2 aliphatic rings. The van der Waals surface area contributed by atoms with Crippen LogP contribution >= 0.6 is 11.3 Å². The van der Waals surface area contributed by atoms with E-state index in [2.05, 4.69) is 10.2 Å². The zero-order valence-corrected chi connectivity index (χ0v) is 17.3. The SMILES string of the molecule is O=C(C1CC(=O)N(c2ccccc2)C1)N1CCCC(c2nnc(-c3cccs3)o2)C1. The predicted molar refractivity (Wildman–Crippen MR) is 113 cm³/mol. The van der Waals surface area contributed by atoms with E-state index in [1.807, 2.05) is 52.7 Å². The number of nitrogens with zero attached hydrogens (tertiary/aromatic N) is 4. The van der Waals surface area contributed by atoms with E-state index in [-0.39, 0.29) is 30.1 Å². The standard InChI is InChI=1S/C22H22N4O3S/c27-19-12-16(14-26(19)17-7-2-1-3-8-17)22(28)25-10-4-6-15(13-25)20-23-24-21(29-20)18-9-5-11-30-18/h1-3,5,7-9,11,15-16H,4,6,10,12-14H2. The van der Waals surface area contributed by atoms with Gasteiger partial charge in [0, 0.05) is 31.7 Å². The molecule has 0 saturated carbocycles. The number of hydrogen-bond acceptors (Lipinski definition) is 6. The number of anilines is 1. The number of rotatable bonds is 4. The van der Waals surface area contributed by atoms with E-state index in [1.54, 1.807) is 16.2 Å². The molecule has 1 aromatic carbocycles. The lowest BCUT2D eigenvalue weighted by Crippen LogP contribution is -2.43. The monoisotopic (exact) mass is 422 g/mol. The number of thiophene rings is 1. The first-order valence-corrected chi connectivity index (χ1v) is 11.1. The Labute approximate surface area is 178 Å². The number of carbonyl (C=O) groups is 2. The third kappa shape index (κ3) is 3.63. The molecule has 0 aliphatic carbocycles. The van der Waals surface area contributed by atoms with Gasteiger partial charge in [0.2, 0.25) is 17.7 Å². The first kappa shape index (κ1) is 19.0. The molecule has 2 aliphatic heterocycles. The Morgan fingerprint density at radius 3 is 2.77 bits per heavy atom. The maximum absolute atomic E-state index is 13.2. The zero-order valence-electron chi connectivity index (χ0n) is 16.4. The van der Waals surface area contributed by atoms with Gasteiger partial charge in [0.05, 0.1) is 16.7 Å². The fraction of sp³-hybridized carbons (Fsp3) is 0.364. The van der Waals surface area contributed by atoms with Crippen LogP contribution in [-0.4, -0.2) is 46.5 Å². The molecule has 154 valence electrons. The van der Waals surface area contributed by atoms with Crippen molar-refractivity contribution in [2.45, 2.75) is 25.2 Å². The topological polar surface area (TPSA) is 79.5 Å². The Hall–Kier alpha value is -3.00. The van der Waals surface area contributed by atoms with E-state index in [0.29, 0.717) is 31.4 Å². The summed E-state index contributed by atoms with van der Waals surface area (Å²) in [6, 6.07) is 13.4. The Kier molecular flexibility index (Phi) is 5.08. The van der Waals surface area contributed by atoms with E-state index in [0.717, 1.165) is 23.4 Å². The maximum atomic E-state index is 13.2. The summed E-state index contributed by atoms with van der Waals surface area (Å²) in [5, 5.41) is 10.4. The van der Waals surface area contributed by atoms with Crippen molar-refractivity contribution < 1.29 is 14.0 Å². The summed E-state index contributed by atoms with van der Waals surface area (Å²) in [5.41, 5.74) is 0.848. The fourth-order valence-corrected chi connectivity index (χ4v) is 4.91. The minimum Gasteiger partial charge on any atom is -0.420 e. The van der Waals surface area contributed by atoms with Crippen LogP contribution in [0.5, 0.6) is 0 Å². The molecule has 4 heterocycles. The van der Waals surface area contributed by atoms with E-state index in [9.17, 15) is 9.59 Å². The van der Waals surface area contributed by atoms with Crippen LogP contribution in [0.25, 0.3) is 10.8 Å². The molecular weight excluding hydrogens is 400 g/mol. The lowest BCUT2D eigenvalue weighted by atomic mass is 9.96. The molecular formula is C22H22N4O3S. The van der Waals surface area contributed by atoms with Gasteiger partial charge in [-0.1, -0.05) is 24.3 Å². The van der Waals surface area contributed by atoms with E-state index < -0.39 is 0 Å². The molecule has 0 spiro atoms. The smallest absolute Gasteiger partial charge is 0.257 e. The molecule has 2 amide bonds. The summed E-state index contributed by atoms with van der Waals surface area (Å²) < 4.78 is 5.90. The number of likely N-dealkylation sites (tertiary alicyclic amines) is 1. The van der Waals surface area contributed by atoms with Crippen LogP contribution in [0.3, 0.4) is 0 Å². The Bertz CT molecular complexity index is 1030. The molecule has 30 heavy (non-hydrogen) atoms. The van der Waals surface area contributed by atoms with Crippen molar-refractivity contribution in [2.24, 2.45) is 5.92 Å². The maximum Gasteiger partial charge on any atom is 0.257 e. The molecule has 0 bridgehead atoms. The molecule has 5 rings (SSSR count). The number of para-hydroxylation sites is 1. The number of amides is 2. The van der Waals surface area contributed by atoms with Gasteiger partial charge in [0.15, 0.2) is 0 Å². The van der Waals surface area contributed by atoms with E-state index in [1.165, 1.54) is 0 Å². The zero-order chi connectivity index (χ0) is 20.5. The Balaban J connectivity index is 1.26. The van der Waals surface area contributed by atoms with Gasteiger partial charge in [-0.3, -0.25) is 9.59 Å². The average Bonchev–Trinajstić information content (AvgIpc) is 3.54. The van der Waals surface area contributed by atoms with E-state index >= 15 is 0 Å².